The number of halogens is 2. The Kier molecular flexibility index (Phi) is 5.76. The van der Waals surface area contributed by atoms with Crippen LogP contribution in [0.25, 0.3) is 0 Å². The molecule has 0 N–H and O–H groups in total. The molecule has 0 aromatic heterocycles. The third-order valence-electron chi connectivity index (χ3n) is 5.64. The molecule has 8 heteroatoms. The Morgan fingerprint density at radius 1 is 1.18 bits per heavy atom. The van der Waals surface area contributed by atoms with Gasteiger partial charge in [-0.1, -0.05) is 41.9 Å². The lowest BCUT2D eigenvalue weighted by atomic mass is 9.96. The molecule has 0 saturated carbocycles. The number of methoxy groups -OCH3 is 1. The second kappa shape index (κ2) is 8.72. The van der Waals surface area contributed by atoms with Crippen LogP contribution in [-0.4, -0.2) is 23.8 Å². The van der Waals surface area contributed by atoms with Crippen LogP contribution in [0.15, 0.2) is 70.2 Å². The summed E-state index contributed by atoms with van der Waals surface area (Å²) in [5.74, 6) is 1.07. The normalized spacial score (nSPS) is 18.7. The van der Waals surface area contributed by atoms with Gasteiger partial charge in [0.15, 0.2) is 11.5 Å². The summed E-state index contributed by atoms with van der Waals surface area (Å²) in [4.78, 5) is 11.5. The summed E-state index contributed by atoms with van der Waals surface area (Å²) in [7, 11) is 1.53. The van der Waals surface area contributed by atoms with Crippen LogP contribution < -0.4 is 14.2 Å². The molecule has 3 aromatic rings. The molecule has 0 aliphatic carbocycles. The van der Waals surface area contributed by atoms with Crippen molar-refractivity contribution in [3.05, 3.63) is 86.8 Å². The van der Waals surface area contributed by atoms with E-state index in [1.54, 1.807) is 0 Å². The van der Waals surface area contributed by atoms with E-state index in [1.165, 1.54) is 14.0 Å². The summed E-state index contributed by atoms with van der Waals surface area (Å²) >= 11 is 9.83. The third-order valence-corrected chi connectivity index (χ3v) is 6.47. The molecule has 0 fully saturated rings. The van der Waals surface area contributed by atoms with E-state index in [4.69, 9.17) is 30.9 Å². The van der Waals surface area contributed by atoms with Gasteiger partial charge in [0.25, 0.3) is 0 Å². The minimum Gasteiger partial charge on any atom is -0.493 e. The van der Waals surface area contributed by atoms with Crippen LogP contribution in [0, 0.1) is 0 Å². The van der Waals surface area contributed by atoms with Gasteiger partial charge in [0.05, 0.1) is 23.3 Å². The molecule has 6 nitrogen and oxygen atoms in total. The Morgan fingerprint density at radius 2 is 1.97 bits per heavy atom. The topological polar surface area (TPSA) is 60.4 Å². The fourth-order valence-electron chi connectivity index (χ4n) is 4.21. The van der Waals surface area contributed by atoms with Crippen molar-refractivity contribution in [1.29, 1.82) is 0 Å². The monoisotopic (exact) mass is 526 g/mol. The zero-order valence-corrected chi connectivity index (χ0v) is 20.3. The first kappa shape index (κ1) is 21.8. The molecule has 2 aliphatic rings. The van der Waals surface area contributed by atoms with Crippen molar-refractivity contribution >= 4 is 39.2 Å². The summed E-state index contributed by atoms with van der Waals surface area (Å²) in [6.07, 6.45) is 0.211. The number of carbonyl (C=O) groups excluding carboxylic acids is 1. The average Bonchev–Trinajstić information content (AvgIpc) is 3.26. The SMILES string of the molecule is COc1cc([C@H]2Oc3ccc(Cl)cc3[C@H]3CC(c4ccccc4)=NN32)cc(Br)c1OC(C)=O. The van der Waals surface area contributed by atoms with Crippen molar-refractivity contribution in [3.8, 4) is 17.2 Å². The molecule has 0 unspecified atom stereocenters. The van der Waals surface area contributed by atoms with Crippen molar-refractivity contribution < 1.29 is 19.0 Å². The first-order chi connectivity index (χ1) is 15.9. The first-order valence-electron chi connectivity index (χ1n) is 10.4. The van der Waals surface area contributed by atoms with Crippen LogP contribution >= 0.6 is 27.5 Å². The third kappa shape index (κ3) is 4.07. The number of fused-ring (bicyclic) bond motifs is 3. The van der Waals surface area contributed by atoms with Crippen LogP contribution in [0.4, 0.5) is 0 Å². The maximum Gasteiger partial charge on any atom is 0.308 e. The first-order valence-corrected chi connectivity index (χ1v) is 11.5. The van der Waals surface area contributed by atoms with Gasteiger partial charge in [0, 0.05) is 29.5 Å². The summed E-state index contributed by atoms with van der Waals surface area (Å²) in [6.45, 7) is 1.35. The van der Waals surface area contributed by atoms with Crippen LogP contribution in [0.1, 0.15) is 42.3 Å². The zero-order valence-electron chi connectivity index (χ0n) is 17.9. The van der Waals surface area contributed by atoms with Crippen LogP contribution in [0.3, 0.4) is 0 Å². The number of esters is 1. The highest BCUT2D eigenvalue weighted by atomic mass is 79.9. The van der Waals surface area contributed by atoms with E-state index in [2.05, 4.69) is 28.1 Å². The zero-order chi connectivity index (χ0) is 23.1. The average molecular weight is 528 g/mol. The predicted octanol–water partition coefficient (Wildman–Crippen LogP) is 6.28. The fraction of sp³-hybridized carbons (Fsp3) is 0.200. The molecule has 2 heterocycles. The molecule has 0 spiro atoms. The highest BCUT2D eigenvalue weighted by Crippen LogP contribution is 2.49. The van der Waals surface area contributed by atoms with E-state index in [0.717, 1.165) is 34.6 Å². The molecule has 33 heavy (non-hydrogen) atoms. The van der Waals surface area contributed by atoms with Crippen molar-refractivity contribution in [3.63, 3.8) is 0 Å². The number of hydrazone groups is 1. The van der Waals surface area contributed by atoms with Gasteiger partial charge < -0.3 is 14.2 Å². The number of benzene rings is 3. The number of hydrogen-bond donors (Lipinski definition) is 0. The van der Waals surface area contributed by atoms with Crippen molar-refractivity contribution in [2.45, 2.75) is 25.6 Å². The van der Waals surface area contributed by atoms with Gasteiger partial charge in [0.2, 0.25) is 6.23 Å². The van der Waals surface area contributed by atoms with E-state index in [1.807, 2.05) is 53.5 Å². The quantitative estimate of drug-likeness (QED) is 0.295. The van der Waals surface area contributed by atoms with Crippen molar-refractivity contribution in [2.75, 3.05) is 7.11 Å². The van der Waals surface area contributed by atoms with E-state index >= 15 is 0 Å². The fourth-order valence-corrected chi connectivity index (χ4v) is 4.93. The Labute approximate surface area is 204 Å². The second-order valence-electron chi connectivity index (χ2n) is 7.79. The summed E-state index contributed by atoms with van der Waals surface area (Å²) < 4.78 is 17.9. The molecule has 3 aromatic carbocycles. The summed E-state index contributed by atoms with van der Waals surface area (Å²) in [5.41, 5.74) is 3.84. The molecule has 168 valence electrons. The van der Waals surface area contributed by atoms with Crippen molar-refractivity contribution in [2.24, 2.45) is 5.10 Å². The smallest absolute Gasteiger partial charge is 0.308 e. The molecule has 0 amide bonds. The van der Waals surface area contributed by atoms with Crippen LogP contribution in [-0.2, 0) is 4.79 Å². The van der Waals surface area contributed by atoms with Gasteiger partial charge in [0.1, 0.15) is 5.75 Å². The maximum absolute atomic E-state index is 11.5. The van der Waals surface area contributed by atoms with E-state index < -0.39 is 12.2 Å². The maximum atomic E-state index is 11.5. The Hall–Kier alpha value is -3.03. The number of ether oxygens (including phenoxy) is 3. The highest BCUT2D eigenvalue weighted by Gasteiger charge is 2.41. The molecular formula is C25H20BrClN2O4. The van der Waals surface area contributed by atoms with E-state index in [-0.39, 0.29) is 6.04 Å². The molecule has 0 bridgehead atoms. The lowest BCUT2D eigenvalue weighted by Crippen LogP contribution is -2.33. The molecule has 2 atom stereocenters. The second-order valence-corrected chi connectivity index (χ2v) is 9.08. The lowest BCUT2D eigenvalue weighted by molar-refractivity contribution is -0.132. The predicted molar refractivity (Wildman–Crippen MR) is 129 cm³/mol. The minimum atomic E-state index is -0.513. The van der Waals surface area contributed by atoms with E-state index in [9.17, 15) is 4.79 Å². The van der Waals surface area contributed by atoms with Gasteiger partial charge in [-0.15, -0.1) is 0 Å². The standard InChI is InChI=1S/C25H20BrClN2O4/c1-14(30)32-24-19(26)10-16(11-23(24)31-2)25-29-21(18-12-17(27)8-9-22(18)33-25)13-20(28-29)15-6-4-3-5-7-15/h3-12,21,25H,13H2,1-2H3/t21-,25-/m1/s1. The van der Waals surface area contributed by atoms with Crippen LogP contribution in [0.5, 0.6) is 17.2 Å². The Bertz CT molecular complexity index is 1260. The van der Waals surface area contributed by atoms with E-state index in [0.29, 0.717) is 21.0 Å². The molecule has 0 radical (unpaired) electrons. The molecule has 5 rings (SSSR count). The number of nitrogens with zero attached hydrogens (tertiary/aromatic N) is 2. The Balaban J connectivity index is 1.61. The van der Waals surface area contributed by atoms with Gasteiger partial charge in [-0.05, 0) is 51.8 Å². The number of hydrogen-bond acceptors (Lipinski definition) is 6. The van der Waals surface area contributed by atoms with Crippen LogP contribution in [0.2, 0.25) is 5.02 Å². The summed E-state index contributed by atoms with van der Waals surface area (Å²) in [6, 6.07) is 19.4. The van der Waals surface area contributed by atoms with Gasteiger partial charge in [-0.2, -0.15) is 5.10 Å². The van der Waals surface area contributed by atoms with Gasteiger partial charge in [-0.3, -0.25) is 4.79 Å². The largest absolute Gasteiger partial charge is 0.493 e. The number of rotatable bonds is 4. The molecular weight excluding hydrogens is 508 g/mol. The highest BCUT2D eigenvalue weighted by molar-refractivity contribution is 9.10. The minimum absolute atomic E-state index is 0.0365. The van der Waals surface area contributed by atoms with Crippen molar-refractivity contribution in [1.82, 2.24) is 5.01 Å². The Morgan fingerprint density at radius 3 is 2.70 bits per heavy atom. The molecule has 0 saturated heterocycles. The lowest BCUT2D eigenvalue weighted by Gasteiger charge is -2.38. The molecule has 2 aliphatic heterocycles. The number of carbonyl (C=O) groups is 1. The van der Waals surface area contributed by atoms with Gasteiger partial charge >= 0.3 is 5.97 Å². The van der Waals surface area contributed by atoms with Gasteiger partial charge in [-0.25, -0.2) is 5.01 Å². The summed E-state index contributed by atoms with van der Waals surface area (Å²) in [5, 5.41) is 7.58.